The molecule has 0 aliphatic rings. The molecular formula is C10H9BrClFN2O2S. The largest absolute Gasteiger partial charge is 0.395 e. The average molecular weight is 356 g/mol. The molecule has 98 valence electrons. The zero-order valence-corrected chi connectivity index (χ0v) is 12.2. The summed E-state index contributed by atoms with van der Waals surface area (Å²) in [4.78, 5) is -0.606. The van der Waals surface area contributed by atoms with Crippen molar-refractivity contribution in [2.45, 2.75) is 11.3 Å². The number of sulfonamides is 1. The Hall–Kier alpha value is -0.810. The van der Waals surface area contributed by atoms with Crippen LogP contribution in [0.5, 0.6) is 0 Å². The molecule has 0 heterocycles. The zero-order chi connectivity index (χ0) is 13.9. The highest BCUT2D eigenvalue weighted by Gasteiger charge is 2.23. The molecule has 18 heavy (non-hydrogen) atoms. The number of rotatable bonds is 4. The Morgan fingerprint density at radius 2 is 2.22 bits per heavy atom. The van der Waals surface area contributed by atoms with Crippen molar-refractivity contribution in [1.29, 1.82) is 0 Å². The predicted molar refractivity (Wildman–Crippen MR) is 72.2 cm³/mol. The van der Waals surface area contributed by atoms with Crippen molar-refractivity contribution in [3.63, 3.8) is 0 Å². The topological polar surface area (TPSA) is 72.2 Å². The number of nitrogens with one attached hydrogen (secondary N) is 1. The SMILES string of the molecule is C#CCCNS(=O)(=O)c1cc(Cl)c(Br)c(N)c1F. The molecule has 0 radical (unpaired) electrons. The molecule has 1 aromatic carbocycles. The van der Waals surface area contributed by atoms with Gasteiger partial charge in [-0.05, 0) is 22.0 Å². The van der Waals surface area contributed by atoms with Gasteiger partial charge < -0.3 is 5.73 Å². The van der Waals surface area contributed by atoms with Crippen LogP contribution >= 0.6 is 27.5 Å². The highest BCUT2D eigenvalue weighted by molar-refractivity contribution is 9.10. The molecule has 0 aliphatic carbocycles. The summed E-state index contributed by atoms with van der Waals surface area (Å²) in [5.41, 5.74) is 5.04. The number of terminal acetylenes is 1. The van der Waals surface area contributed by atoms with Crippen molar-refractivity contribution >= 4 is 43.2 Å². The predicted octanol–water partition coefficient (Wildman–Crippen LogP) is 2.13. The summed E-state index contributed by atoms with van der Waals surface area (Å²) in [6, 6.07) is 0.982. The van der Waals surface area contributed by atoms with Gasteiger partial charge in [0.1, 0.15) is 4.90 Å². The first-order chi connectivity index (χ1) is 8.31. The lowest BCUT2D eigenvalue weighted by Gasteiger charge is -2.10. The summed E-state index contributed by atoms with van der Waals surface area (Å²) in [7, 11) is -4.03. The second-order valence-corrected chi connectivity index (χ2v) is 6.19. The molecule has 0 bridgehead atoms. The number of hydrogen-bond donors (Lipinski definition) is 2. The lowest BCUT2D eigenvalue weighted by atomic mass is 10.3. The van der Waals surface area contributed by atoms with E-state index >= 15 is 0 Å². The van der Waals surface area contributed by atoms with Crippen molar-refractivity contribution in [3.8, 4) is 12.3 Å². The summed E-state index contributed by atoms with van der Waals surface area (Å²) in [6.45, 7) is 0.00581. The molecule has 8 heteroatoms. The van der Waals surface area contributed by atoms with Gasteiger partial charge in [-0.3, -0.25) is 0 Å². The molecule has 0 unspecified atom stereocenters. The molecule has 0 saturated carbocycles. The van der Waals surface area contributed by atoms with Crippen LogP contribution in [0.25, 0.3) is 0 Å². The highest BCUT2D eigenvalue weighted by atomic mass is 79.9. The van der Waals surface area contributed by atoms with Crippen molar-refractivity contribution in [3.05, 3.63) is 21.4 Å². The molecule has 0 fully saturated rings. The van der Waals surface area contributed by atoms with Crippen LogP contribution < -0.4 is 10.5 Å². The van der Waals surface area contributed by atoms with Gasteiger partial charge in [-0.25, -0.2) is 17.5 Å². The Morgan fingerprint density at radius 3 is 2.78 bits per heavy atom. The maximum atomic E-state index is 13.8. The van der Waals surface area contributed by atoms with Gasteiger partial charge in [-0.15, -0.1) is 12.3 Å². The number of halogens is 3. The van der Waals surface area contributed by atoms with Crippen molar-refractivity contribution < 1.29 is 12.8 Å². The maximum absolute atomic E-state index is 13.8. The van der Waals surface area contributed by atoms with E-state index in [1.165, 1.54) is 0 Å². The van der Waals surface area contributed by atoms with E-state index in [4.69, 9.17) is 23.8 Å². The molecule has 0 aliphatic heterocycles. The van der Waals surface area contributed by atoms with Gasteiger partial charge >= 0.3 is 0 Å². The third kappa shape index (κ3) is 3.14. The van der Waals surface area contributed by atoms with Crippen LogP contribution in [-0.4, -0.2) is 15.0 Å². The van der Waals surface area contributed by atoms with Gasteiger partial charge in [-0.2, -0.15) is 0 Å². The fraction of sp³-hybridized carbons (Fsp3) is 0.200. The van der Waals surface area contributed by atoms with Crippen molar-refractivity contribution in [2.75, 3.05) is 12.3 Å². The second kappa shape index (κ2) is 5.89. The number of hydrogen-bond acceptors (Lipinski definition) is 3. The molecule has 1 rings (SSSR count). The fourth-order valence-corrected chi connectivity index (χ4v) is 2.84. The quantitative estimate of drug-likeness (QED) is 0.376. The Morgan fingerprint density at radius 1 is 1.61 bits per heavy atom. The number of anilines is 1. The molecule has 0 aromatic heterocycles. The zero-order valence-electron chi connectivity index (χ0n) is 9.00. The van der Waals surface area contributed by atoms with E-state index in [0.29, 0.717) is 0 Å². The molecule has 0 atom stereocenters. The van der Waals surface area contributed by atoms with Gasteiger partial charge in [0, 0.05) is 13.0 Å². The minimum Gasteiger partial charge on any atom is -0.395 e. The van der Waals surface area contributed by atoms with Crippen LogP contribution in [-0.2, 0) is 10.0 Å². The van der Waals surface area contributed by atoms with E-state index in [1.807, 2.05) is 0 Å². The lowest BCUT2D eigenvalue weighted by molar-refractivity contribution is 0.559. The minimum absolute atomic E-state index is 0.00576. The normalized spacial score (nSPS) is 11.2. The van der Waals surface area contributed by atoms with Crippen LogP contribution in [0.3, 0.4) is 0 Å². The summed E-state index contributed by atoms with van der Waals surface area (Å²) in [5, 5.41) is 0.00576. The van der Waals surface area contributed by atoms with Crippen LogP contribution in [0.15, 0.2) is 15.4 Å². The van der Waals surface area contributed by atoms with E-state index in [2.05, 4.69) is 26.6 Å². The lowest BCUT2D eigenvalue weighted by Crippen LogP contribution is -2.25. The highest BCUT2D eigenvalue weighted by Crippen LogP contribution is 2.34. The Kier molecular flexibility index (Phi) is 4.99. The molecule has 0 saturated heterocycles. The number of benzene rings is 1. The molecule has 0 spiro atoms. The van der Waals surface area contributed by atoms with Crippen LogP contribution in [0.1, 0.15) is 6.42 Å². The average Bonchev–Trinajstić information content (AvgIpc) is 2.31. The van der Waals surface area contributed by atoms with Gasteiger partial charge in [0.15, 0.2) is 5.82 Å². The molecule has 0 amide bonds. The van der Waals surface area contributed by atoms with Gasteiger partial charge in [-0.1, -0.05) is 11.6 Å². The summed E-state index contributed by atoms with van der Waals surface area (Å²) >= 11 is 8.70. The van der Waals surface area contributed by atoms with E-state index in [-0.39, 0.29) is 28.1 Å². The molecule has 1 aromatic rings. The molecule has 3 N–H and O–H groups in total. The van der Waals surface area contributed by atoms with Crippen molar-refractivity contribution in [1.82, 2.24) is 4.72 Å². The molecule has 4 nitrogen and oxygen atoms in total. The van der Waals surface area contributed by atoms with E-state index < -0.39 is 20.7 Å². The third-order valence-electron chi connectivity index (χ3n) is 2.01. The minimum atomic E-state index is -4.03. The maximum Gasteiger partial charge on any atom is 0.243 e. The molecular weight excluding hydrogens is 347 g/mol. The van der Waals surface area contributed by atoms with Gasteiger partial charge in [0.2, 0.25) is 10.0 Å². The second-order valence-electron chi connectivity index (χ2n) is 3.25. The number of nitrogens with two attached hydrogens (primary N) is 1. The van der Waals surface area contributed by atoms with Gasteiger partial charge in [0.25, 0.3) is 0 Å². The Labute approximate surface area is 118 Å². The van der Waals surface area contributed by atoms with E-state index in [9.17, 15) is 12.8 Å². The Bertz CT molecular complexity index is 613. The summed E-state index contributed by atoms with van der Waals surface area (Å²) < 4.78 is 39.6. The first-order valence-corrected chi connectivity index (χ1v) is 7.32. The summed E-state index contributed by atoms with van der Waals surface area (Å²) in [5.74, 6) is 1.20. The van der Waals surface area contributed by atoms with E-state index in [0.717, 1.165) is 6.07 Å². The van der Waals surface area contributed by atoms with Crippen LogP contribution in [0.2, 0.25) is 5.02 Å². The monoisotopic (exact) mass is 354 g/mol. The summed E-state index contributed by atoms with van der Waals surface area (Å²) in [6.07, 6.45) is 5.18. The fourth-order valence-electron chi connectivity index (χ4n) is 1.13. The Balaban J connectivity index is 3.22. The van der Waals surface area contributed by atoms with Crippen LogP contribution in [0, 0.1) is 18.2 Å². The van der Waals surface area contributed by atoms with Crippen LogP contribution in [0.4, 0.5) is 10.1 Å². The third-order valence-corrected chi connectivity index (χ3v) is 4.85. The first kappa shape index (κ1) is 15.2. The van der Waals surface area contributed by atoms with Crippen molar-refractivity contribution in [2.24, 2.45) is 0 Å². The number of nitrogen functional groups attached to an aromatic ring is 1. The first-order valence-electron chi connectivity index (χ1n) is 4.67. The van der Waals surface area contributed by atoms with Gasteiger partial charge in [0.05, 0.1) is 15.2 Å². The smallest absolute Gasteiger partial charge is 0.243 e. The standard InChI is InChI=1S/C10H9BrClFN2O2S/c1-2-3-4-15-18(16,17)7-5-6(12)8(11)10(14)9(7)13/h1,5,15H,3-4,14H2. The van der Waals surface area contributed by atoms with E-state index in [1.54, 1.807) is 0 Å².